The van der Waals surface area contributed by atoms with Crippen LogP contribution in [0.1, 0.15) is 11.1 Å². The van der Waals surface area contributed by atoms with Crippen LogP contribution in [0.3, 0.4) is 0 Å². The van der Waals surface area contributed by atoms with Gasteiger partial charge in [0.2, 0.25) is 0 Å². The summed E-state index contributed by atoms with van der Waals surface area (Å²) in [4.78, 5) is 10.1. The Morgan fingerprint density at radius 2 is 1.86 bits per heavy atom. The molecule has 1 aromatic carbocycles. The summed E-state index contributed by atoms with van der Waals surface area (Å²) >= 11 is 6.97. The van der Waals surface area contributed by atoms with Crippen LogP contribution in [0.2, 0.25) is 0 Å². The van der Waals surface area contributed by atoms with Gasteiger partial charge in [0.15, 0.2) is 0 Å². The van der Waals surface area contributed by atoms with Gasteiger partial charge in [-0.1, -0.05) is 24.3 Å². The van der Waals surface area contributed by atoms with Crippen molar-refractivity contribution < 1.29 is 9.90 Å². The van der Waals surface area contributed by atoms with Gasteiger partial charge in [0.05, 0.1) is 5.97 Å². The molecular weight excluding hydrogens is 220 g/mol. The molecule has 2 nitrogen and oxygen atoms in total. The first-order valence-electron chi connectivity index (χ1n) is 4.13. The maximum atomic E-state index is 10.1. The van der Waals surface area contributed by atoms with E-state index >= 15 is 0 Å². The molecule has 0 amide bonds. The highest BCUT2D eigenvalue weighted by molar-refractivity contribution is 7.99. The molecule has 0 saturated carbocycles. The van der Waals surface area contributed by atoms with E-state index in [0.717, 1.165) is 11.1 Å². The van der Waals surface area contributed by atoms with Crippen LogP contribution in [-0.4, -0.2) is 11.7 Å². The first-order valence-corrected chi connectivity index (χ1v) is 5.82. The van der Waals surface area contributed by atoms with Gasteiger partial charge in [0.25, 0.3) is 0 Å². The molecule has 0 bridgehead atoms. The zero-order valence-corrected chi connectivity index (χ0v) is 9.11. The fraction of sp³-hybridized carbons (Fsp3) is 0.300. The molecule has 0 aliphatic rings. The second-order valence-corrected chi connectivity index (χ2v) is 4.07. The molecule has 0 N–H and O–H groups in total. The van der Waals surface area contributed by atoms with Crippen LogP contribution in [0, 0.1) is 0 Å². The lowest BCUT2D eigenvalue weighted by molar-refractivity contribution is -0.301. The molecule has 1 rings (SSSR count). The highest BCUT2D eigenvalue weighted by Gasteiger charge is 1.94. The van der Waals surface area contributed by atoms with Gasteiger partial charge >= 0.3 is 0 Å². The minimum atomic E-state index is -1.02. The third kappa shape index (κ3) is 4.03. The van der Waals surface area contributed by atoms with Crippen molar-refractivity contribution in [3.8, 4) is 0 Å². The van der Waals surface area contributed by atoms with Gasteiger partial charge in [0, 0.05) is 17.4 Å². The molecule has 0 heterocycles. The lowest BCUT2D eigenvalue weighted by atomic mass is 10.2. The van der Waals surface area contributed by atoms with Crippen LogP contribution in [0.5, 0.6) is 0 Å². The molecule has 14 heavy (non-hydrogen) atoms. The van der Waals surface area contributed by atoms with Gasteiger partial charge in [-0.3, -0.25) is 0 Å². The molecule has 0 fully saturated rings. The van der Waals surface area contributed by atoms with E-state index in [0.29, 0.717) is 11.6 Å². The molecule has 0 aromatic heterocycles. The van der Waals surface area contributed by atoms with Crippen LogP contribution in [-0.2, 0) is 16.4 Å². The number of aliphatic carboxylic acids is 1. The largest absolute Gasteiger partial charge is 0.549 e. The van der Waals surface area contributed by atoms with Gasteiger partial charge in [0.1, 0.15) is 0 Å². The Kier molecular flexibility index (Phi) is 4.84. The molecule has 0 spiro atoms. The lowest BCUT2D eigenvalue weighted by Crippen LogP contribution is -2.24. The third-order valence-electron chi connectivity index (χ3n) is 1.67. The second kappa shape index (κ2) is 5.94. The van der Waals surface area contributed by atoms with Gasteiger partial charge in [-0.2, -0.15) is 11.8 Å². The molecule has 76 valence electrons. The Morgan fingerprint density at radius 1 is 1.29 bits per heavy atom. The summed E-state index contributed by atoms with van der Waals surface area (Å²) in [6.45, 7) is 0. The molecule has 1 aromatic rings. The van der Waals surface area contributed by atoms with E-state index in [-0.39, 0.29) is 5.75 Å². The number of carbonyl (C=O) groups is 1. The minimum absolute atomic E-state index is 0.0389. The van der Waals surface area contributed by atoms with E-state index in [9.17, 15) is 9.90 Å². The number of thioether (sulfide) groups is 1. The maximum absolute atomic E-state index is 10.1. The zero-order valence-electron chi connectivity index (χ0n) is 7.53. The predicted molar refractivity (Wildman–Crippen MR) is 57.2 cm³/mol. The van der Waals surface area contributed by atoms with Gasteiger partial charge in [-0.25, -0.2) is 0 Å². The van der Waals surface area contributed by atoms with Crippen molar-refractivity contribution in [2.24, 2.45) is 0 Å². The number of halogens is 1. The fourth-order valence-electron chi connectivity index (χ4n) is 0.977. The summed E-state index contributed by atoms with van der Waals surface area (Å²) in [5.74, 6) is 0.215. The average Bonchev–Trinajstić information content (AvgIpc) is 2.18. The topological polar surface area (TPSA) is 40.1 Å². The van der Waals surface area contributed by atoms with E-state index in [2.05, 4.69) is 0 Å². The van der Waals surface area contributed by atoms with Crippen molar-refractivity contribution in [1.29, 1.82) is 0 Å². The van der Waals surface area contributed by atoms with Crippen molar-refractivity contribution in [3.05, 3.63) is 35.4 Å². The Morgan fingerprint density at radius 3 is 2.36 bits per heavy atom. The van der Waals surface area contributed by atoms with E-state index in [1.165, 1.54) is 11.8 Å². The Bertz CT molecular complexity index is 297. The number of benzene rings is 1. The first-order chi connectivity index (χ1) is 6.72. The summed E-state index contributed by atoms with van der Waals surface area (Å²) < 4.78 is 0. The molecule has 0 saturated heterocycles. The second-order valence-electron chi connectivity index (χ2n) is 2.81. The van der Waals surface area contributed by atoms with Crippen LogP contribution < -0.4 is 5.11 Å². The number of carboxylic acid groups (broad SMARTS) is 1. The van der Waals surface area contributed by atoms with Gasteiger partial charge in [-0.15, -0.1) is 11.6 Å². The minimum Gasteiger partial charge on any atom is -0.549 e. The van der Waals surface area contributed by atoms with Crippen LogP contribution in [0.4, 0.5) is 0 Å². The van der Waals surface area contributed by atoms with Crippen LogP contribution in [0.25, 0.3) is 0 Å². The van der Waals surface area contributed by atoms with Crippen LogP contribution in [0.15, 0.2) is 24.3 Å². The standard InChI is InChI=1S/C10H11ClO2S/c11-5-8-1-3-9(4-2-8)6-14-7-10(12)13/h1-4H,5-7H2,(H,12,13)/p-1. The zero-order chi connectivity index (χ0) is 10.4. The molecule has 0 radical (unpaired) electrons. The number of hydrogen-bond donors (Lipinski definition) is 0. The smallest absolute Gasteiger partial charge is 0.0513 e. The first kappa shape index (κ1) is 11.4. The van der Waals surface area contributed by atoms with Crippen molar-refractivity contribution in [2.45, 2.75) is 11.6 Å². The summed E-state index contributed by atoms with van der Waals surface area (Å²) in [5, 5.41) is 10.1. The van der Waals surface area contributed by atoms with Crippen molar-refractivity contribution in [1.82, 2.24) is 0 Å². The van der Waals surface area contributed by atoms with Crippen LogP contribution >= 0.6 is 23.4 Å². The summed E-state index contributed by atoms with van der Waals surface area (Å²) in [7, 11) is 0. The Labute approximate surface area is 92.3 Å². The number of carbonyl (C=O) groups excluding carboxylic acids is 1. The molecule has 4 heteroatoms. The van der Waals surface area contributed by atoms with Crippen molar-refractivity contribution >= 4 is 29.3 Å². The molecule has 0 aliphatic heterocycles. The predicted octanol–water partition coefficient (Wildman–Crippen LogP) is 1.41. The van der Waals surface area contributed by atoms with Gasteiger partial charge < -0.3 is 9.90 Å². The molecule has 0 unspecified atom stereocenters. The van der Waals surface area contributed by atoms with E-state index in [4.69, 9.17) is 11.6 Å². The maximum Gasteiger partial charge on any atom is 0.0513 e. The number of hydrogen-bond acceptors (Lipinski definition) is 3. The molecular formula is C10H10ClO2S-. The van der Waals surface area contributed by atoms with Crippen molar-refractivity contribution in [2.75, 3.05) is 5.75 Å². The highest BCUT2D eigenvalue weighted by atomic mass is 35.5. The van der Waals surface area contributed by atoms with E-state index in [1.54, 1.807) is 0 Å². The molecule has 0 atom stereocenters. The Hall–Kier alpha value is -0.670. The normalized spacial score (nSPS) is 10.1. The van der Waals surface area contributed by atoms with E-state index in [1.807, 2.05) is 24.3 Å². The summed E-state index contributed by atoms with van der Waals surface area (Å²) in [5.41, 5.74) is 2.17. The number of carboxylic acids is 1. The van der Waals surface area contributed by atoms with Gasteiger partial charge in [-0.05, 0) is 11.1 Å². The monoisotopic (exact) mass is 229 g/mol. The number of alkyl halides is 1. The average molecular weight is 230 g/mol. The number of rotatable bonds is 5. The fourth-order valence-corrected chi connectivity index (χ4v) is 1.85. The Balaban J connectivity index is 2.40. The lowest BCUT2D eigenvalue weighted by Gasteiger charge is -2.03. The quantitative estimate of drug-likeness (QED) is 0.717. The SMILES string of the molecule is O=C([O-])CSCc1ccc(CCl)cc1. The third-order valence-corrected chi connectivity index (χ3v) is 2.95. The van der Waals surface area contributed by atoms with E-state index < -0.39 is 5.97 Å². The molecule has 0 aliphatic carbocycles. The van der Waals surface area contributed by atoms with Crippen molar-refractivity contribution in [3.63, 3.8) is 0 Å². The summed E-state index contributed by atoms with van der Waals surface area (Å²) in [6.07, 6.45) is 0. The highest BCUT2D eigenvalue weighted by Crippen LogP contribution is 2.13. The summed E-state index contributed by atoms with van der Waals surface area (Å²) in [6, 6.07) is 7.81.